The molecule has 6 rings (SSSR count). The first-order chi connectivity index (χ1) is 14.7. The Kier molecular flexibility index (Phi) is 3.70. The first-order valence-corrected chi connectivity index (χ1v) is 10.5. The average molecular weight is 383 g/mol. The lowest BCUT2D eigenvalue weighted by Gasteiger charge is -2.17. The minimum absolute atomic E-state index is 0.965. The molecule has 0 saturated carbocycles. The van der Waals surface area contributed by atoms with Crippen molar-refractivity contribution in [3.8, 4) is 22.3 Å². The molecular formula is C30H22. The van der Waals surface area contributed by atoms with Gasteiger partial charge in [0.25, 0.3) is 0 Å². The van der Waals surface area contributed by atoms with E-state index in [9.17, 15) is 0 Å². The van der Waals surface area contributed by atoms with Gasteiger partial charge in [0.1, 0.15) is 0 Å². The molecule has 142 valence electrons. The van der Waals surface area contributed by atoms with E-state index in [0.29, 0.717) is 0 Å². The maximum absolute atomic E-state index is 4.52. The first-order valence-electron chi connectivity index (χ1n) is 10.5. The third-order valence-corrected chi connectivity index (χ3v) is 6.72. The fourth-order valence-corrected chi connectivity index (χ4v) is 5.21. The maximum Gasteiger partial charge on any atom is -0.000729 e. The van der Waals surface area contributed by atoms with Crippen molar-refractivity contribution in [2.45, 2.75) is 12.8 Å². The summed E-state index contributed by atoms with van der Waals surface area (Å²) >= 11 is 0. The largest absolute Gasteiger partial charge is 0.0905 e. The lowest BCUT2D eigenvalue weighted by molar-refractivity contribution is 1.24. The number of rotatable bonds is 3. The van der Waals surface area contributed by atoms with Crippen molar-refractivity contribution < 1.29 is 0 Å². The molecule has 0 N–H and O–H groups in total. The quantitative estimate of drug-likeness (QED) is 0.277. The van der Waals surface area contributed by atoms with E-state index < -0.39 is 0 Å². The maximum atomic E-state index is 4.52. The van der Waals surface area contributed by atoms with Gasteiger partial charge < -0.3 is 0 Å². The van der Waals surface area contributed by atoms with E-state index in [1.165, 1.54) is 55.6 Å². The van der Waals surface area contributed by atoms with E-state index in [4.69, 9.17) is 0 Å². The minimum Gasteiger partial charge on any atom is -0.0905 e. The lowest BCUT2D eigenvalue weighted by Crippen LogP contribution is -1.97. The molecule has 0 aliphatic heterocycles. The van der Waals surface area contributed by atoms with E-state index >= 15 is 0 Å². The summed E-state index contributed by atoms with van der Waals surface area (Å²) in [5.74, 6) is 0. The zero-order chi connectivity index (χ0) is 20.2. The molecule has 0 fully saturated rings. The predicted molar refractivity (Wildman–Crippen MR) is 127 cm³/mol. The highest BCUT2D eigenvalue weighted by molar-refractivity contribution is 6.06. The Bertz CT molecular complexity index is 1260. The summed E-state index contributed by atoms with van der Waals surface area (Å²) in [7, 11) is 0. The molecule has 0 spiro atoms. The Morgan fingerprint density at radius 2 is 0.867 bits per heavy atom. The summed E-state index contributed by atoms with van der Waals surface area (Å²) in [6.07, 6.45) is 1.93. The molecule has 0 amide bonds. The van der Waals surface area contributed by atoms with Gasteiger partial charge in [0, 0.05) is 0 Å². The van der Waals surface area contributed by atoms with Crippen LogP contribution >= 0.6 is 0 Å². The zero-order valence-electron chi connectivity index (χ0n) is 16.9. The molecule has 0 unspecified atom stereocenters. The predicted octanol–water partition coefficient (Wildman–Crippen LogP) is 7.56. The molecular weight excluding hydrogens is 360 g/mol. The fraction of sp³-hybridized carbons (Fsp3) is 0.0667. The molecule has 0 bridgehead atoms. The van der Waals surface area contributed by atoms with Gasteiger partial charge in [-0.05, 0) is 79.6 Å². The van der Waals surface area contributed by atoms with Crippen molar-refractivity contribution in [3.63, 3.8) is 0 Å². The average Bonchev–Trinajstić information content (AvgIpc) is 3.36. The summed E-state index contributed by atoms with van der Waals surface area (Å²) in [6.45, 7) is 9.03. The molecule has 0 heterocycles. The zero-order valence-corrected chi connectivity index (χ0v) is 16.9. The van der Waals surface area contributed by atoms with Gasteiger partial charge >= 0.3 is 0 Å². The van der Waals surface area contributed by atoms with Crippen molar-refractivity contribution in [2.24, 2.45) is 0 Å². The van der Waals surface area contributed by atoms with E-state index in [1.54, 1.807) is 0 Å². The Morgan fingerprint density at radius 1 is 0.467 bits per heavy atom. The van der Waals surface area contributed by atoms with Crippen LogP contribution in [0, 0.1) is 0 Å². The number of allylic oxidation sites excluding steroid dienone is 2. The van der Waals surface area contributed by atoms with E-state index in [-0.39, 0.29) is 0 Å². The van der Waals surface area contributed by atoms with Gasteiger partial charge in [-0.3, -0.25) is 0 Å². The highest BCUT2D eigenvalue weighted by Crippen LogP contribution is 2.45. The van der Waals surface area contributed by atoms with Crippen LogP contribution < -0.4 is 0 Å². The molecule has 2 aliphatic carbocycles. The van der Waals surface area contributed by atoms with E-state index in [0.717, 1.165) is 24.0 Å². The molecule has 0 radical (unpaired) electrons. The van der Waals surface area contributed by atoms with Gasteiger partial charge in [-0.15, -0.1) is 0 Å². The molecule has 0 heteroatoms. The first kappa shape index (κ1) is 17.2. The minimum atomic E-state index is 0.965. The molecule has 2 aliphatic rings. The van der Waals surface area contributed by atoms with Crippen LogP contribution in [0.25, 0.3) is 33.4 Å². The van der Waals surface area contributed by atoms with Crippen LogP contribution in [-0.2, 0) is 12.8 Å². The Morgan fingerprint density at radius 3 is 1.33 bits per heavy atom. The standard InChI is InChI=1S/C30H22/c1-19(23-13-7-15-27-25-11-5-3-9-21(25)17-29(23)27)20(2)24-14-8-16-28-26-12-6-4-10-22(26)18-30(24)28/h3-16H,1-2,17-18H2. The second-order valence-corrected chi connectivity index (χ2v) is 8.29. The van der Waals surface area contributed by atoms with E-state index in [2.05, 4.69) is 98.1 Å². The van der Waals surface area contributed by atoms with Crippen LogP contribution in [0.3, 0.4) is 0 Å². The normalized spacial score (nSPS) is 12.7. The Labute approximate surface area is 177 Å². The van der Waals surface area contributed by atoms with Crippen LogP contribution in [0.2, 0.25) is 0 Å². The van der Waals surface area contributed by atoms with Gasteiger partial charge in [0.2, 0.25) is 0 Å². The third kappa shape index (κ3) is 2.40. The summed E-state index contributed by atoms with van der Waals surface area (Å²) < 4.78 is 0. The van der Waals surface area contributed by atoms with Gasteiger partial charge in [-0.1, -0.05) is 98.1 Å². The Hall–Kier alpha value is -3.64. The SMILES string of the molecule is C=C(C(=C)c1cccc2c1Cc1ccccc1-2)c1cccc2c1Cc1ccccc1-2. The summed E-state index contributed by atoms with van der Waals surface area (Å²) in [5.41, 5.74) is 15.4. The third-order valence-electron chi connectivity index (χ3n) is 6.72. The van der Waals surface area contributed by atoms with Crippen LogP contribution in [0.5, 0.6) is 0 Å². The molecule has 0 atom stereocenters. The highest BCUT2D eigenvalue weighted by Gasteiger charge is 2.25. The van der Waals surface area contributed by atoms with Crippen molar-refractivity contribution in [3.05, 3.63) is 131 Å². The van der Waals surface area contributed by atoms with Crippen LogP contribution in [0.1, 0.15) is 33.4 Å². The second kappa shape index (κ2) is 6.43. The second-order valence-electron chi connectivity index (χ2n) is 8.29. The van der Waals surface area contributed by atoms with Gasteiger partial charge in [0.05, 0.1) is 0 Å². The fourth-order valence-electron chi connectivity index (χ4n) is 5.21. The van der Waals surface area contributed by atoms with Crippen molar-refractivity contribution >= 4 is 11.1 Å². The summed E-state index contributed by atoms with van der Waals surface area (Å²) in [5, 5.41) is 0. The van der Waals surface area contributed by atoms with Crippen molar-refractivity contribution in [1.29, 1.82) is 0 Å². The summed E-state index contributed by atoms with van der Waals surface area (Å²) in [4.78, 5) is 0. The van der Waals surface area contributed by atoms with Crippen molar-refractivity contribution in [1.82, 2.24) is 0 Å². The highest BCUT2D eigenvalue weighted by atomic mass is 14.3. The van der Waals surface area contributed by atoms with Gasteiger partial charge in [-0.25, -0.2) is 0 Å². The van der Waals surface area contributed by atoms with Gasteiger partial charge in [0.15, 0.2) is 0 Å². The van der Waals surface area contributed by atoms with Crippen molar-refractivity contribution in [2.75, 3.05) is 0 Å². The molecule has 4 aromatic rings. The smallest absolute Gasteiger partial charge is 0.000729 e. The topological polar surface area (TPSA) is 0 Å². The lowest BCUT2D eigenvalue weighted by atomic mass is 9.87. The van der Waals surface area contributed by atoms with Crippen LogP contribution in [0.4, 0.5) is 0 Å². The number of hydrogen-bond acceptors (Lipinski definition) is 0. The van der Waals surface area contributed by atoms with Gasteiger partial charge in [-0.2, -0.15) is 0 Å². The molecule has 30 heavy (non-hydrogen) atoms. The van der Waals surface area contributed by atoms with Crippen LogP contribution in [0.15, 0.2) is 98.1 Å². The monoisotopic (exact) mass is 382 g/mol. The molecule has 0 aromatic heterocycles. The van der Waals surface area contributed by atoms with E-state index in [1.807, 2.05) is 0 Å². The number of benzene rings is 4. The number of hydrogen-bond donors (Lipinski definition) is 0. The summed E-state index contributed by atoms with van der Waals surface area (Å²) in [6, 6.07) is 30.6. The molecule has 0 nitrogen and oxygen atoms in total. The van der Waals surface area contributed by atoms with Crippen LogP contribution in [-0.4, -0.2) is 0 Å². The molecule has 0 saturated heterocycles. The molecule has 4 aromatic carbocycles. The Balaban J connectivity index is 1.42. The number of fused-ring (bicyclic) bond motifs is 6.